The van der Waals surface area contributed by atoms with Gasteiger partial charge in [0.2, 0.25) is 5.91 Å². The Kier molecular flexibility index (Phi) is 4.61. The number of rotatable bonds is 2. The van der Waals surface area contributed by atoms with Crippen molar-refractivity contribution in [1.82, 2.24) is 10.2 Å². The lowest BCUT2D eigenvalue weighted by atomic mass is 10.1. The van der Waals surface area contributed by atoms with Crippen LogP contribution < -0.4 is 10.6 Å². The average molecular weight is 275 g/mol. The molecule has 108 valence electrons. The predicted molar refractivity (Wildman–Crippen MR) is 78.6 cm³/mol. The molecule has 5 nitrogen and oxygen atoms in total. The first-order valence-corrected chi connectivity index (χ1v) is 6.94. The molecule has 5 heteroatoms. The van der Waals surface area contributed by atoms with Crippen LogP contribution in [0.4, 0.5) is 10.5 Å². The Morgan fingerprint density at radius 2 is 1.95 bits per heavy atom. The fourth-order valence-corrected chi connectivity index (χ4v) is 2.41. The van der Waals surface area contributed by atoms with Crippen molar-refractivity contribution >= 4 is 17.6 Å². The number of nitrogens with one attached hydrogen (secondary N) is 2. The number of nitrogens with zero attached hydrogens (tertiary/aromatic N) is 1. The van der Waals surface area contributed by atoms with Gasteiger partial charge < -0.3 is 15.5 Å². The fourth-order valence-electron chi connectivity index (χ4n) is 2.41. The number of piperidine rings is 1. The van der Waals surface area contributed by atoms with Gasteiger partial charge in [-0.2, -0.15) is 0 Å². The fraction of sp³-hybridized carbons (Fsp3) is 0.467. The van der Waals surface area contributed by atoms with Gasteiger partial charge in [0.05, 0.1) is 0 Å². The highest BCUT2D eigenvalue weighted by atomic mass is 16.2. The number of likely N-dealkylation sites (tertiary alicyclic amines) is 1. The Hall–Kier alpha value is -2.04. The highest BCUT2D eigenvalue weighted by Crippen LogP contribution is 2.12. The van der Waals surface area contributed by atoms with Crippen molar-refractivity contribution in [3.05, 3.63) is 29.8 Å². The van der Waals surface area contributed by atoms with Crippen molar-refractivity contribution in [3.8, 4) is 0 Å². The molecular weight excluding hydrogens is 254 g/mol. The van der Waals surface area contributed by atoms with Crippen molar-refractivity contribution in [3.63, 3.8) is 0 Å². The minimum absolute atomic E-state index is 0.104. The van der Waals surface area contributed by atoms with E-state index in [1.807, 2.05) is 36.1 Å². The molecule has 0 radical (unpaired) electrons. The highest BCUT2D eigenvalue weighted by Gasteiger charge is 2.21. The second-order valence-electron chi connectivity index (χ2n) is 5.25. The van der Waals surface area contributed by atoms with E-state index in [-0.39, 0.29) is 18.0 Å². The van der Waals surface area contributed by atoms with Crippen molar-refractivity contribution < 1.29 is 9.59 Å². The molecule has 0 aromatic heterocycles. The summed E-state index contributed by atoms with van der Waals surface area (Å²) >= 11 is 0. The number of urea groups is 1. The zero-order valence-electron chi connectivity index (χ0n) is 12.0. The first-order valence-electron chi connectivity index (χ1n) is 6.94. The number of hydrogen-bond acceptors (Lipinski definition) is 2. The van der Waals surface area contributed by atoms with E-state index in [2.05, 4.69) is 10.6 Å². The van der Waals surface area contributed by atoms with Crippen LogP contribution in [0.5, 0.6) is 0 Å². The lowest BCUT2D eigenvalue weighted by molar-refractivity contribution is -0.129. The molecule has 3 amide bonds. The number of carbonyl (C=O) groups is 2. The lowest BCUT2D eigenvalue weighted by Crippen LogP contribution is -2.47. The van der Waals surface area contributed by atoms with Crippen molar-refractivity contribution in [2.24, 2.45) is 0 Å². The smallest absolute Gasteiger partial charge is 0.319 e. The van der Waals surface area contributed by atoms with E-state index in [0.29, 0.717) is 13.1 Å². The van der Waals surface area contributed by atoms with Gasteiger partial charge in [-0.05, 0) is 37.5 Å². The molecule has 2 rings (SSSR count). The Morgan fingerprint density at radius 3 is 2.55 bits per heavy atom. The minimum atomic E-state index is -0.183. The number of carbonyl (C=O) groups excluding carboxylic acids is 2. The van der Waals surface area contributed by atoms with Crippen LogP contribution in [0.2, 0.25) is 0 Å². The SMILES string of the molecule is CC(=O)N1CCC(NC(=O)Nc2cccc(C)c2)CC1. The molecule has 20 heavy (non-hydrogen) atoms. The molecule has 0 aliphatic carbocycles. The van der Waals surface area contributed by atoms with Crippen LogP contribution in [0, 0.1) is 6.92 Å². The normalized spacial score (nSPS) is 15.8. The quantitative estimate of drug-likeness (QED) is 0.868. The average Bonchev–Trinajstić information content (AvgIpc) is 2.39. The Morgan fingerprint density at radius 1 is 1.25 bits per heavy atom. The molecule has 1 aromatic rings. The summed E-state index contributed by atoms with van der Waals surface area (Å²) < 4.78 is 0. The molecule has 0 unspecified atom stereocenters. The molecule has 1 fully saturated rings. The number of benzene rings is 1. The van der Waals surface area contributed by atoms with Gasteiger partial charge in [-0.3, -0.25) is 4.79 Å². The van der Waals surface area contributed by atoms with Gasteiger partial charge >= 0.3 is 6.03 Å². The third-order valence-electron chi connectivity index (χ3n) is 3.55. The van der Waals surface area contributed by atoms with Crippen molar-refractivity contribution in [2.45, 2.75) is 32.7 Å². The molecular formula is C15H21N3O2. The van der Waals surface area contributed by atoms with Crippen LogP contribution in [0.25, 0.3) is 0 Å². The zero-order valence-corrected chi connectivity index (χ0v) is 12.0. The van der Waals surface area contributed by atoms with E-state index in [4.69, 9.17) is 0 Å². The number of hydrogen-bond donors (Lipinski definition) is 2. The van der Waals surface area contributed by atoms with Gasteiger partial charge in [0.1, 0.15) is 0 Å². The maximum atomic E-state index is 11.9. The summed E-state index contributed by atoms with van der Waals surface area (Å²) in [6.45, 7) is 4.99. The van der Waals surface area contributed by atoms with E-state index >= 15 is 0 Å². The van der Waals surface area contributed by atoms with Crippen LogP contribution >= 0.6 is 0 Å². The molecule has 0 atom stereocenters. The van der Waals surface area contributed by atoms with E-state index in [1.54, 1.807) is 6.92 Å². The third-order valence-corrected chi connectivity index (χ3v) is 3.55. The van der Waals surface area contributed by atoms with E-state index in [1.165, 1.54) is 0 Å². The minimum Gasteiger partial charge on any atom is -0.343 e. The molecule has 1 aliphatic heterocycles. The maximum Gasteiger partial charge on any atom is 0.319 e. The molecule has 0 saturated carbocycles. The molecule has 1 saturated heterocycles. The Balaban J connectivity index is 1.80. The summed E-state index contributed by atoms with van der Waals surface area (Å²) in [6.07, 6.45) is 1.61. The summed E-state index contributed by atoms with van der Waals surface area (Å²) in [5.41, 5.74) is 1.90. The summed E-state index contributed by atoms with van der Waals surface area (Å²) in [5, 5.41) is 5.79. The summed E-state index contributed by atoms with van der Waals surface area (Å²) in [5.74, 6) is 0.104. The van der Waals surface area contributed by atoms with Gasteiger partial charge in [-0.1, -0.05) is 12.1 Å². The lowest BCUT2D eigenvalue weighted by Gasteiger charge is -2.31. The van der Waals surface area contributed by atoms with Crippen LogP contribution in [0.3, 0.4) is 0 Å². The van der Waals surface area contributed by atoms with E-state index in [0.717, 1.165) is 24.1 Å². The van der Waals surface area contributed by atoms with Gasteiger partial charge in [-0.15, -0.1) is 0 Å². The molecule has 1 aliphatic rings. The van der Waals surface area contributed by atoms with Crippen molar-refractivity contribution in [2.75, 3.05) is 18.4 Å². The number of anilines is 1. The monoisotopic (exact) mass is 275 g/mol. The molecule has 1 aromatic carbocycles. The first-order chi connectivity index (χ1) is 9.54. The second kappa shape index (κ2) is 6.41. The Bertz CT molecular complexity index is 494. The summed E-state index contributed by atoms with van der Waals surface area (Å²) in [4.78, 5) is 24.9. The topological polar surface area (TPSA) is 61.4 Å². The van der Waals surface area contributed by atoms with Gasteiger partial charge in [0.25, 0.3) is 0 Å². The van der Waals surface area contributed by atoms with E-state index < -0.39 is 0 Å². The third kappa shape index (κ3) is 3.98. The largest absolute Gasteiger partial charge is 0.343 e. The van der Waals surface area contributed by atoms with Gasteiger partial charge in [0.15, 0.2) is 0 Å². The van der Waals surface area contributed by atoms with Gasteiger partial charge in [0, 0.05) is 31.7 Å². The Labute approximate surface area is 119 Å². The summed E-state index contributed by atoms with van der Waals surface area (Å²) in [6, 6.07) is 7.65. The first kappa shape index (κ1) is 14.4. The molecule has 0 spiro atoms. The van der Waals surface area contributed by atoms with E-state index in [9.17, 15) is 9.59 Å². The van der Waals surface area contributed by atoms with Gasteiger partial charge in [-0.25, -0.2) is 4.79 Å². The molecule has 0 bridgehead atoms. The van der Waals surface area contributed by atoms with Crippen LogP contribution in [0.1, 0.15) is 25.3 Å². The number of amides is 3. The molecule has 1 heterocycles. The maximum absolute atomic E-state index is 11.9. The zero-order chi connectivity index (χ0) is 14.5. The molecule has 2 N–H and O–H groups in total. The predicted octanol–water partition coefficient (Wildman–Crippen LogP) is 2.13. The standard InChI is InChI=1S/C15H21N3O2/c1-11-4-3-5-14(10-11)17-15(20)16-13-6-8-18(9-7-13)12(2)19/h3-5,10,13H,6-9H2,1-2H3,(H2,16,17,20). The van der Waals surface area contributed by atoms with Crippen molar-refractivity contribution in [1.29, 1.82) is 0 Å². The highest BCUT2D eigenvalue weighted by molar-refractivity contribution is 5.89. The number of aryl methyl sites for hydroxylation is 1. The second-order valence-corrected chi connectivity index (χ2v) is 5.25. The summed E-state index contributed by atoms with van der Waals surface area (Å²) in [7, 11) is 0. The van der Waals surface area contributed by atoms with Crippen LogP contribution in [-0.4, -0.2) is 36.0 Å². The van der Waals surface area contributed by atoms with Crippen LogP contribution in [-0.2, 0) is 4.79 Å². The van der Waals surface area contributed by atoms with Crippen LogP contribution in [0.15, 0.2) is 24.3 Å².